The Morgan fingerprint density at radius 3 is 2.75 bits per heavy atom. The van der Waals surface area contributed by atoms with Crippen molar-refractivity contribution >= 4 is 40.6 Å². The van der Waals surface area contributed by atoms with Crippen molar-refractivity contribution < 1.29 is 14.3 Å². The summed E-state index contributed by atoms with van der Waals surface area (Å²) < 4.78 is 11.8. The van der Waals surface area contributed by atoms with Gasteiger partial charge >= 0.3 is 0 Å². The minimum Gasteiger partial charge on any atom is -0.486 e. The fourth-order valence-corrected chi connectivity index (χ4v) is 4.28. The second-order valence-electron chi connectivity index (χ2n) is 5.21. The molecule has 2 aromatic rings. The minimum atomic E-state index is 0.113. The van der Waals surface area contributed by atoms with Gasteiger partial charge in [-0.05, 0) is 37.3 Å². The van der Waals surface area contributed by atoms with Gasteiger partial charge in [-0.1, -0.05) is 11.6 Å². The van der Waals surface area contributed by atoms with Crippen LogP contribution in [0.15, 0.2) is 35.2 Å². The minimum absolute atomic E-state index is 0.113. The maximum absolute atomic E-state index is 12.5. The van der Waals surface area contributed by atoms with Crippen LogP contribution < -0.4 is 9.47 Å². The molecule has 1 aromatic carbocycles. The Hall–Kier alpha value is -1.37. The summed E-state index contributed by atoms with van der Waals surface area (Å²) in [5, 5.41) is 0. The number of carbonyl (C=O) groups excluding carboxylic acids is 1. The number of benzene rings is 1. The average Bonchev–Trinajstić information content (AvgIpc) is 3.02. The standard InChI is InChI=1S/C17H18ClNO3S2/c1-2-19(10-13-4-6-16(18)24-13)17(20)11-23-12-3-5-14-15(9-12)22-8-7-21-14/h3-6,9H,2,7-8,10-11H2,1H3. The molecule has 7 heteroatoms. The number of carbonyl (C=O) groups is 1. The van der Waals surface area contributed by atoms with E-state index in [9.17, 15) is 4.79 Å². The van der Waals surface area contributed by atoms with Crippen molar-refractivity contribution in [1.82, 2.24) is 4.90 Å². The van der Waals surface area contributed by atoms with Crippen molar-refractivity contribution in [2.45, 2.75) is 18.4 Å². The van der Waals surface area contributed by atoms with Crippen LogP contribution in [0.4, 0.5) is 0 Å². The van der Waals surface area contributed by atoms with E-state index < -0.39 is 0 Å². The lowest BCUT2D eigenvalue weighted by Gasteiger charge is -2.21. The number of thiophene rings is 1. The van der Waals surface area contributed by atoms with Gasteiger partial charge in [-0.15, -0.1) is 23.1 Å². The monoisotopic (exact) mass is 383 g/mol. The molecule has 0 bridgehead atoms. The Morgan fingerprint density at radius 1 is 1.25 bits per heavy atom. The number of rotatable bonds is 6. The molecule has 128 valence electrons. The first kappa shape index (κ1) is 17.5. The summed E-state index contributed by atoms with van der Waals surface area (Å²) in [4.78, 5) is 16.4. The molecular weight excluding hydrogens is 366 g/mol. The zero-order chi connectivity index (χ0) is 16.9. The van der Waals surface area contributed by atoms with Crippen LogP contribution in [-0.2, 0) is 11.3 Å². The summed E-state index contributed by atoms with van der Waals surface area (Å²) in [7, 11) is 0. The van der Waals surface area contributed by atoms with Crippen LogP contribution >= 0.6 is 34.7 Å². The van der Waals surface area contributed by atoms with Crippen molar-refractivity contribution in [2.75, 3.05) is 25.5 Å². The molecule has 0 N–H and O–H groups in total. The molecular formula is C17H18ClNO3S2. The molecule has 0 spiro atoms. The number of hydrogen-bond acceptors (Lipinski definition) is 5. The smallest absolute Gasteiger partial charge is 0.233 e. The van der Waals surface area contributed by atoms with Gasteiger partial charge in [0, 0.05) is 16.3 Å². The summed E-state index contributed by atoms with van der Waals surface area (Å²) in [6.45, 7) is 4.41. The molecule has 0 radical (unpaired) electrons. The number of fused-ring (bicyclic) bond motifs is 1. The van der Waals surface area contributed by atoms with E-state index in [1.807, 2.05) is 42.2 Å². The van der Waals surface area contributed by atoms with Crippen molar-refractivity contribution in [3.05, 3.63) is 39.5 Å². The molecule has 0 aliphatic carbocycles. The van der Waals surface area contributed by atoms with Gasteiger partial charge < -0.3 is 14.4 Å². The lowest BCUT2D eigenvalue weighted by atomic mass is 10.3. The van der Waals surface area contributed by atoms with Gasteiger partial charge in [-0.3, -0.25) is 4.79 Å². The van der Waals surface area contributed by atoms with Crippen LogP contribution in [0.2, 0.25) is 4.34 Å². The third-order valence-corrected chi connectivity index (χ3v) is 5.78. The zero-order valence-electron chi connectivity index (χ0n) is 13.3. The molecule has 1 aliphatic rings. The first-order chi connectivity index (χ1) is 11.7. The second kappa shape index (κ2) is 8.14. The normalized spacial score (nSPS) is 12.9. The summed E-state index contributed by atoms with van der Waals surface area (Å²) in [5.74, 6) is 2.02. The van der Waals surface area contributed by atoms with E-state index in [0.717, 1.165) is 25.6 Å². The van der Waals surface area contributed by atoms with Crippen molar-refractivity contribution in [3.8, 4) is 11.5 Å². The van der Waals surface area contributed by atoms with E-state index >= 15 is 0 Å². The van der Waals surface area contributed by atoms with Crippen LogP contribution in [-0.4, -0.2) is 36.3 Å². The number of thioether (sulfide) groups is 1. The van der Waals surface area contributed by atoms with E-state index in [4.69, 9.17) is 21.1 Å². The van der Waals surface area contributed by atoms with Crippen molar-refractivity contribution in [3.63, 3.8) is 0 Å². The molecule has 1 amide bonds. The van der Waals surface area contributed by atoms with Gasteiger partial charge in [-0.25, -0.2) is 0 Å². The number of hydrogen-bond donors (Lipinski definition) is 0. The Balaban J connectivity index is 1.57. The van der Waals surface area contributed by atoms with Crippen LogP contribution in [0.5, 0.6) is 11.5 Å². The van der Waals surface area contributed by atoms with Gasteiger partial charge in [0.2, 0.25) is 5.91 Å². The first-order valence-corrected chi connectivity index (χ1v) is 9.88. The van der Waals surface area contributed by atoms with E-state index in [-0.39, 0.29) is 5.91 Å². The maximum atomic E-state index is 12.5. The average molecular weight is 384 g/mol. The lowest BCUT2D eigenvalue weighted by molar-refractivity contribution is -0.128. The SMILES string of the molecule is CCN(Cc1ccc(Cl)s1)C(=O)CSc1ccc2c(c1)OCCO2. The quantitative estimate of drug-likeness (QED) is 0.696. The van der Waals surface area contributed by atoms with Gasteiger partial charge in [0.25, 0.3) is 0 Å². The lowest BCUT2D eigenvalue weighted by Crippen LogP contribution is -2.31. The molecule has 2 heterocycles. The molecule has 1 aromatic heterocycles. The van der Waals surface area contributed by atoms with Gasteiger partial charge in [0.1, 0.15) is 13.2 Å². The summed E-state index contributed by atoms with van der Waals surface area (Å²) in [6.07, 6.45) is 0. The molecule has 24 heavy (non-hydrogen) atoms. The largest absolute Gasteiger partial charge is 0.486 e. The van der Waals surface area contributed by atoms with Crippen LogP contribution in [0.25, 0.3) is 0 Å². The third-order valence-electron chi connectivity index (χ3n) is 3.59. The van der Waals surface area contributed by atoms with E-state index in [1.54, 1.807) is 0 Å². The van der Waals surface area contributed by atoms with E-state index in [0.29, 0.717) is 32.1 Å². The molecule has 0 saturated carbocycles. The highest BCUT2D eigenvalue weighted by Gasteiger charge is 2.16. The Morgan fingerprint density at radius 2 is 2.04 bits per heavy atom. The molecule has 0 saturated heterocycles. The third kappa shape index (κ3) is 4.37. The summed E-state index contributed by atoms with van der Waals surface area (Å²) in [6, 6.07) is 9.62. The summed E-state index contributed by atoms with van der Waals surface area (Å²) in [5.41, 5.74) is 0. The van der Waals surface area contributed by atoms with Gasteiger partial charge in [0.15, 0.2) is 11.5 Å². The molecule has 3 rings (SSSR count). The van der Waals surface area contributed by atoms with Gasteiger partial charge in [0.05, 0.1) is 16.6 Å². The summed E-state index contributed by atoms with van der Waals surface area (Å²) >= 11 is 8.98. The number of nitrogens with zero attached hydrogens (tertiary/aromatic N) is 1. The first-order valence-electron chi connectivity index (χ1n) is 7.70. The fourth-order valence-electron chi connectivity index (χ4n) is 2.35. The highest BCUT2D eigenvalue weighted by atomic mass is 35.5. The van der Waals surface area contributed by atoms with E-state index in [2.05, 4.69) is 0 Å². The van der Waals surface area contributed by atoms with Gasteiger partial charge in [-0.2, -0.15) is 0 Å². The van der Waals surface area contributed by atoms with Crippen molar-refractivity contribution in [2.24, 2.45) is 0 Å². The topological polar surface area (TPSA) is 38.8 Å². The maximum Gasteiger partial charge on any atom is 0.233 e. The van der Waals surface area contributed by atoms with Crippen molar-refractivity contribution in [1.29, 1.82) is 0 Å². The molecule has 0 atom stereocenters. The highest BCUT2D eigenvalue weighted by Crippen LogP contribution is 2.34. The number of ether oxygens (including phenoxy) is 2. The Labute approximate surface area is 154 Å². The Kier molecular flexibility index (Phi) is 5.92. The predicted octanol–water partition coefficient (Wildman–Crippen LogP) is 4.31. The Bertz CT molecular complexity index is 720. The molecule has 1 aliphatic heterocycles. The van der Waals surface area contributed by atoms with E-state index in [1.165, 1.54) is 23.1 Å². The second-order valence-corrected chi connectivity index (χ2v) is 8.06. The van der Waals surface area contributed by atoms with Crippen LogP contribution in [0, 0.1) is 0 Å². The molecule has 0 fully saturated rings. The fraction of sp³-hybridized carbons (Fsp3) is 0.353. The van der Waals surface area contributed by atoms with Crippen LogP contribution in [0.1, 0.15) is 11.8 Å². The molecule has 0 unspecified atom stereocenters. The van der Waals surface area contributed by atoms with Crippen LogP contribution in [0.3, 0.4) is 0 Å². The number of halogens is 1. The zero-order valence-corrected chi connectivity index (χ0v) is 15.7. The predicted molar refractivity (Wildman–Crippen MR) is 98.6 cm³/mol. The molecule has 4 nitrogen and oxygen atoms in total. The highest BCUT2D eigenvalue weighted by molar-refractivity contribution is 8.00. The number of amides is 1.